The van der Waals surface area contributed by atoms with E-state index < -0.39 is 0 Å². The van der Waals surface area contributed by atoms with E-state index in [0.29, 0.717) is 0 Å². The van der Waals surface area contributed by atoms with Crippen LogP contribution < -0.4 is 5.73 Å². The fraction of sp³-hybridized carbons (Fsp3) is 0.400. The molecule has 0 spiro atoms. The Morgan fingerprint density at radius 3 is 2.71 bits per heavy atom. The van der Waals surface area contributed by atoms with Gasteiger partial charge in [0.15, 0.2) is 0 Å². The first-order chi connectivity index (χ1) is 10.0. The van der Waals surface area contributed by atoms with Gasteiger partial charge in [-0.3, -0.25) is 4.68 Å². The van der Waals surface area contributed by atoms with Crippen molar-refractivity contribution in [2.24, 2.45) is 5.73 Å². The number of rotatable bonds is 6. The van der Waals surface area contributed by atoms with Crippen LogP contribution in [0.3, 0.4) is 0 Å². The van der Waals surface area contributed by atoms with Gasteiger partial charge in [0.05, 0.1) is 15.9 Å². The summed E-state index contributed by atoms with van der Waals surface area (Å²) in [4.78, 5) is 1.23. The van der Waals surface area contributed by atoms with E-state index in [9.17, 15) is 0 Å². The molecule has 0 fully saturated rings. The Hall–Kier alpha value is -0.300. The second kappa shape index (κ2) is 7.81. The zero-order valence-electron chi connectivity index (χ0n) is 12.1. The van der Waals surface area contributed by atoms with Gasteiger partial charge in [-0.1, -0.05) is 12.1 Å². The third-order valence-electron chi connectivity index (χ3n) is 3.20. The highest BCUT2D eigenvalue weighted by Gasteiger charge is 2.15. The standard InChI is InChI=1S/C15H19Br2N3S/c1-3-20-13(15(17)10(2)19-20)8-11(18)9-21-14-7-5-4-6-12(14)16/h4-7,11H,3,8-9,18H2,1-2H3. The van der Waals surface area contributed by atoms with Gasteiger partial charge >= 0.3 is 0 Å². The quantitative estimate of drug-likeness (QED) is 0.688. The molecule has 0 aliphatic carbocycles. The van der Waals surface area contributed by atoms with Gasteiger partial charge in [-0.15, -0.1) is 11.8 Å². The molecule has 1 atom stereocenters. The molecule has 0 amide bonds. The van der Waals surface area contributed by atoms with Crippen LogP contribution in [0.15, 0.2) is 38.1 Å². The van der Waals surface area contributed by atoms with E-state index in [2.05, 4.69) is 56.0 Å². The fourth-order valence-corrected chi connectivity index (χ4v) is 4.10. The molecule has 1 aromatic heterocycles. The molecule has 1 aromatic carbocycles. The first kappa shape index (κ1) is 17.1. The molecule has 0 aliphatic heterocycles. The van der Waals surface area contributed by atoms with Crippen molar-refractivity contribution in [3.05, 3.63) is 44.6 Å². The number of thioether (sulfide) groups is 1. The lowest BCUT2D eigenvalue weighted by Gasteiger charge is -2.13. The fourth-order valence-electron chi connectivity index (χ4n) is 2.13. The largest absolute Gasteiger partial charge is 0.327 e. The molecular formula is C15H19Br2N3S. The highest BCUT2D eigenvalue weighted by molar-refractivity contribution is 9.10. The number of halogens is 2. The molecule has 2 N–H and O–H groups in total. The Labute approximate surface area is 146 Å². The maximum Gasteiger partial charge on any atom is 0.0738 e. The average molecular weight is 433 g/mol. The first-order valence-electron chi connectivity index (χ1n) is 6.87. The average Bonchev–Trinajstić information content (AvgIpc) is 2.74. The SMILES string of the molecule is CCn1nc(C)c(Br)c1CC(N)CSc1ccccc1Br. The van der Waals surface area contributed by atoms with Crippen molar-refractivity contribution in [1.29, 1.82) is 0 Å². The Morgan fingerprint density at radius 1 is 1.33 bits per heavy atom. The Bertz CT molecular complexity index is 613. The molecule has 0 bridgehead atoms. The van der Waals surface area contributed by atoms with Crippen molar-refractivity contribution in [3.8, 4) is 0 Å². The van der Waals surface area contributed by atoms with Gasteiger partial charge in [-0.05, 0) is 57.8 Å². The lowest BCUT2D eigenvalue weighted by Crippen LogP contribution is -2.27. The molecule has 21 heavy (non-hydrogen) atoms. The number of nitrogens with two attached hydrogens (primary N) is 1. The molecule has 0 saturated heterocycles. The summed E-state index contributed by atoms with van der Waals surface area (Å²) in [7, 11) is 0. The molecule has 2 aromatic rings. The van der Waals surface area contributed by atoms with Gasteiger partial charge < -0.3 is 5.73 Å². The minimum atomic E-state index is 0.0970. The van der Waals surface area contributed by atoms with Crippen molar-refractivity contribution in [2.75, 3.05) is 5.75 Å². The van der Waals surface area contributed by atoms with Gasteiger partial charge in [0.25, 0.3) is 0 Å². The summed E-state index contributed by atoms with van der Waals surface area (Å²) in [5.74, 6) is 0.878. The Kier molecular flexibility index (Phi) is 6.34. The second-order valence-corrected chi connectivity index (χ2v) is 7.58. The zero-order valence-corrected chi connectivity index (χ0v) is 16.1. The summed E-state index contributed by atoms with van der Waals surface area (Å²) in [5, 5.41) is 4.51. The van der Waals surface area contributed by atoms with Crippen LogP contribution in [0.1, 0.15) is 18.3 Å². The topological polar surface area (TPSA) is 43.8 Å². The van der Waals surface area contributed by atoms with Crippen LogP contribution in [-0.2, 0) is 13.0 Å². The molecular weight excluding hydrogens is 414 g/mol. The van der Waals surface area contributed by atoms with Gasteiger partial charge in [-0.25, -0.2) is 0 Å². The van der Waals surface area contributed by atoms with Crippen LogP contribution in [0.4, 0.5) is 0 Å². The summed E-state index contributed by atoms with van der Waals surface area (Å²) >= 11 is 8.98. The highest BCUT2D eigenvalue weighted by Crippen LogP contribution is 2.28. The summed E-state index contributed by atoms with van der Waals surface area (Å²) in [6, 6.07) is 8.33. The maximum atomic E-state index is 6.31. The molecule has 0 aliphatic rings. The number of aryl methyl sites for hydroxylation is 2. The van der Waals surface area contributed by atoms with Crippen LogP contribution in [0.25, 0.3) is 0 Å². The molecule has 114 valence electrons. The zero-order chi connectivity index (χ0) is 15.4. The molecule has 3 nitrogen and oxygen atoms in total. The van der Waals surface area contributed by atoms with Gasteiger partial charge in [0, 0.05) is 34.1 Å². The Balaban J connectivity index is 1.99. The molecule has 0 radical (unpaired) electrons. The van der Waals surface area contributed by atoms with Crippen LogP contribution >= 0.6 is 43.6 Å². The summed E-state index contributed by atoms with van der Waals surface area (Å²) < 4.78 is 4.24. The summed E-state index contributed by atoms with van der Waals surface area (Å²) in [6.45, 7) is 4.98. The monoisotopic (exact) mass is 431 g/mol. The number of nitrogens with zero attached hydrogens (tertiary/aromatic N) is 2. The lowest BCUT2D eigenvalue weighted by atomic mass is 10.2. The number of hydrogen-bond acceptors (Lipinski definition) is 3. The molecule has 1 heterocycles. The number of hydrogen-bond donors (Lipinski definition) is 1. The van der Waals surface area contributed by atoms with Gasteiger partial charge in [0.1, 0.15) is 0 Å². The molecule has 1 unspecified atom stereocenters. The maximum absolute atomic E-state index is 6.31. The van der Waals surface area contributed by atoms with E-state index >= 15 is 0 Å². The van der Waals surface area contributed by atoms with E-state index in [1.165, 1.54) is 10.6 Å². The van der Waals surface area contributed by atoms with Crippen LogP contribution in [0, 0.1) is 6.92 Å². The number of aromatic nitrogens is 2. The van der Waals surface area contributed by atoms with Crippen LogP contribution in [0.2, 0.25) is 0 Å². The lowest BCUT2D eigenvalue weighted by molar-refractivity contribution is 0.593. The molecule has 6 heteroatoms. The van der Waals surface area contributed by atoms with E-state index in [0.717, 1.165) is 33.4 Å². The second-order valence-electron chi connectivity index (χ2n) is 4.87. The van der Waals surface area contributed by atoms with E-state index in [1.54, 1.807) is 11.8 Å². The van der Waals surface area contributed by atoms with Crippen molar-refractivity contribution < 1.29 is 0 Å². The van der Waals surface area contributed by atoms with E-state index in [4.69, 9.17) is 5.73 Å². The van der Waals surface area contributed by atoms with Crippen LogP contribution in [0.5, 0.6) is 0 Å². The number of benzene rings is 1. The van der Waals surface area contributed by atoms with E-state index in [-0.39, 0.29) is 6.04 Å². The smallest absolute Gasteiger partial charge is 0.0738 e. The highest BCUT2D eigenvalue weighted by atomic mass is 79.9. The Morgan fingerprint density at radius 2 is 2.05 bits per heavy atom. The van der Waals surface area contributed by atoms with Crippen LogP contribution in [-0.4, -0.2) is 21.6 Å². The van der Waals surface area contributed by atoms with Gasteiger partial charge in [0.2, 0.25) is 0 Å². The van der Waals surface area contributed by atoms with Crippen molar-refractivity contribution >= 4 is 43.6 Å². The minimum Gasteiger partial charge on any atom is -0.327 e. The first-order valence-corrected chi connectivity index (χ1v) is 9.44. The van der Waals surface area contributed by atoms with Crippen molar-refractivity contribution in [1.82, 2.24) is 9.78 Å². The minimum absolute atomic E-state index is 0.0970. The third kappa shape index (κ3) is 4.34. The predicted octanol–water partition coefficient (Wildman–Crippen LogP) is 4.40. The van der Waals surface area contributed by atoms with Gasteiger partial charge in [-0.2, -0.15) is 5.10 Å². The van der Waals surface area contributed by atoms with Crippen molar-refractivity contribution in [3.63, 3.8) is 0 Å². The molecule has 2 rings (SSSR count). The predicted molar refractivity (Wildman–Crippen MR) is 96.9 cm³/mol. The summed E-state index contributed by atoms with van der Waals surface area (Å²) in [5.41, 5.74) is 8.52. The molecule has 0 saturated carbocycles. The third-order valence-corrected chi connectivity index (χ3v) is 6.45. The normalized spacial score (nSPS) is 12.6. The van der Waals surface area contributed by atoms with E-state index in [1.807, 2.05) is 23.7 Å². The van der Waals surface area contributed by atoms with Crippen molar-refractivity contribution in [2.45, 2.75) is 37.8 Å². The summed E-state index contributed by atoms with van der Waals surface area (Å²) in [6.07, 6.45) is 0.826.